The smallest absolute Gasteiger partial charge is 0.183 e. The molecule has 2 aliphatic heterocycles. The molecule has 2 radical (unpaired) electrons. The summed E-state index contributed by atoms with van der Waals surface area (Å²) in [7, 11) is 8.23. The Balaban J connectivity index is 1.17. The summed E-state index contributed by atoms with van der Waals surface area (Å²) in [5.41, 5.74) is 5.68. The fourth-order valence-electron chi connectivity index (χ4n) is 5.21. The fourth-order valence-corrected chi connectivity index (χ4v) is 6.12. The van der Waals surface area contributed by atoms with Gasteiger partial charge in [0, 0.05) is 12.6 Å². The average Bonchev–Trinajstić information content (AvgIpc) is 3.64. The first-order chi connectivity index (χ1) is 16.6. The summed E-state index contributed by atoms with van der Waals surface area (Å²) in [6.07, 6.45) is 6.69. The number of likely N-dealkylation sites (tertiary alicyclic amines) is 1. The molecule has 2 aromatic carbocycles. The van der Waals surface area contributed by atoms with E-state index in [2.05, 4.69) is 69.7 Å². The van der Waals surface area contributed by atoms with E-state index in [1.807, 2.05) is 11.0 Å². The van der Waals surface area contributed by atoms with Crippen molar-refractivity contribution < 1.29 is 0 Å². The number of fused-ring (bicyclic) bond motifs is 1. The third kappa shape index (κ3) is 4.26. The van der Waals surface area contributed by atoms with Gasteiger partial charge in [-0.15, -0.1) is 0 Å². The Kier molecular flexibility index (Phi) is 5.89. The highest BCUT2D eigenvalue weighted by molar-refractivity contribution is 7.22. The van der Waals surface area contributed by atoms with Crippen molar-refractivity contribution in [1.29, 1.82) is 0 Å². The summed E-state index contributed by atoms with van der Waals surface area (Å²) in [6.45, 7) is 2.97. The van der Waals surface area contributed by atoms with Gasteiger partial charge in [0.05, 0.1) is 28.1 Å². The van der Waals surface area contributed by atoms with E-state index < -0.39 is 0 Å². The number of hydrogen-bond donors (Lipinski definition) is 2. The van der Waals surface area contributed by atoms with Gasteiger partial charge in [0.25, 0.3) is 0 Å². The summed E-state index contributed by atoms with van der Waals surface area (Å²) >= 11 is 1.71. The number of hydrogen-bond acceptors (Lipinski definition) is 6. The van der Waals surface area contributed by atoms with Gasteiger partial charge in [-0.25, -0.2) is 9.97 Å². The van der Waals surface area contributed by atoms with E-state index in [1.165, 1.54) is 35.1 Å². The number of thiazole rings is 1. The molecular weight excluding hydrogens is 439 g/mol. The molecule has 0 bridgehead atoms. The van der Waals surface area contributed by atoms with E-state index >= 15 is 0 Å². The maximum Gasteiger partial charge on any atom is 0.183 e. The number of H-pyrrole nitrogens is 1. The van der Waals surface area contributed by atoms with Gasteiger partial charge in [-0.2, -0.15) is 0 Å². The van der Waals surface area contributed by atoms with Gasteiger partial charge in [-0.1, -0.05) is 41.7 Å². The molecular formula is C26H29BN6S. The van der Waals surface area contributed by atoms with Crippen molar-refractivity contribution >= 4 is 34.7 Å². The van der Waals surface area contributed by atoms with Crippen LogP contribution in [0.25, 0.3) is 32.6 Å². The van der Waals surface area contributed by atoms with E-state index in [0.717, 1.165) is 53.8 Å². The number of aromatic amines is 1. The molecule has 4 heterocycles. The molecule has 0 spiro atoms. The van der Waals surface area contributed by atoms with Crippen molar-refractivity contribution in [2.45, 2.75) is 37.8 Å². The predicted molar refractivity (Wildman–Crippen MR) is 141 cm³/mol. The highest BCUT2D eigenvalue weighted by atomic mass is 32.1. The standard InChI is InChI=1S/C26H29BN6S/c1-32-12-3-5-23(32)25-28-16-22(30-25)18-8-6-17(7-9-18)19-10-11-21-24(14-19)34-26(31-21)29-15-20-4-2-13-33(20)27/h6-11,14,16,20,23H,2-5,12-13,15H2,1H3,(H,28,30)(H,29,31)/t20-,23-/m0/s1. The highest BCUT2D eigenvalue weighted by Crippen LogP contribution is 2.33. The maximum absolute atomic E-state index is 6.05. The lowest BCUT2D eigenvalue weighted by Crippen LogP contribution is -2.32. The summed E-state index contributed by atoms with van der Waals surface area (Å²) < 4.78 is 1.19. The van der Waals surface area contributed by atoms with Gasteiger partial charge < -0.3 is 15.1 Å². The van der Waals surface area contributed by atoms with Gasteiger partial charge >= 0.3 is 0 Å². The molecule has 2 fully saturated rings. The van der Waals surface area contributed by atoms with E-state index in [-0.39, 0.29) is 0 Å². The van der Waals surface area contributed by atoms with E-state index in [1.54, 1.807) is 11.3 Å². The van der Waals surface area contributed by atoms with Gasteiger partial charge in [0.15, 0.2) is 13.1 Å². The summed E-state index contributed by atoms with van der Waals surface area (Å²) in [4.78, 5) is 17.3. The zero-order valence-corrected chi connectivity index (χ0v) is 20.3. The lowest BCUT2D eigenvalue weighted by Gasteiger charge is -2.19. The van der Waals surface area contributed by atoms with Crippen LogP contribution in [0.15, 0.2) is 48.7 Å². The first-order valence-corrected chi connectivity index (χ1v) is 13.0. The van der Waals surface area contributed by atoms with Crippen LogP contribution in [0.4, 0.5) is 5.13 Å². The molecule has 0 aliphatic carbocycles. The minimum absolute atomic E-state index is 0.395. The molecule has 6 nitrogen and oxygen atoms in total. The second kappa shape index (κ2) is 9.17. The highest BCUT2D eigenvalue weighted by Gasteiger charge is 2.25. The number of benzene rings is 2. The van der Waals surface area contributed by atoms with Gasteiger partial charge in [-0.05, 0) is 74.6 Å². The van der Waals surface area contributed by atoms with Crippen LogP contribution in [0.2, 0.25) is 0 Å². The number of rotatable bonds is 6. The molecule has 4 aromatic rings. The van der Waals surface area contributed by atoms with Crippen molar-refractivity contribution in [2.24, 2.45) is 0 Å². The Bertz CT molecular complexity index is 1280. The number of nitrogens with one attached hydrogen (secondary N) is 2. The van der Waals surface area contributed by atoms with Crippen molar-refractivity contribution in [2.75, 3.05) is 32.0 Å². The summed E-state index contributed by atoms with van der Waals surface area (Å²) in [6, 6.07) is 16.0. The normalized spacial score (nSPS) is 21.6. The van der Waals surface area contributed by atoms with E-state index in [0.29, 0.717) is 12.1 Å². The lowest BCUT2D eigenvalue weighted by molar-refractivity contribution is 0.307. The molecule has 0 unspecified atom stereocenters. The third-order valence-corrected chi connectivity index (χ3v) is 8.24. The van der Waals surface area contributed by atoms with Crippen LogP contribution in [-0.2, 0) is 0 Å². The first-order valence-electron chi connectivity index (χ1n) is 12.2. The lowest BCUT2D eigenvalue weighted by atomic mass is 10.0. The Hall–Kier alpha value is -2.68. The molecule has 172 valence electrons. The molecule has 0 saturated carbocycles. The monoisotopic (exact) mass is 468 g/mol. The zero-order chi connectivity index (χ0) is 23.1. The minimum Gasteiger partial charge on any atom is -0.360 e. The molecule has 8 heteroatoms. The molecule has 6 rings (SSSR count). The number of anilines is 1. The van der Waals surface area contributed by atoms with Crippen LogP contribution in [0, 0.1) is 0 Å². The molecule has 2 atom stereocenters. The molecule has 2 N–H and O–H groups in total. The first kappa shape index (κ1) is 21.8. The SMILES string of the molecule is [B]N1CCC[C@H]1CNc1nc2ccc(-c3ccc(-c4cnc([C@@H]5CCCN5C)[nH]4)cc3)cc2s1. The van der Waals surface area contributed by atoms with Crippen molar-refractivity contribution in [3.05, 3.63) is 54.5 Å². The topological polar surface area (TPSA) is 60.1 Å². The largest absolute Gasteiger partial charge is 0.360 e. The van der Waals surface area contributed by atoms with Crippen LogP contribution in [0.5, 0.6) is 0 Å². The average molecular weight is 468 g/mol. The van der Waals surface area contributed by atoms with Gasteiger partial charge in [-0.3, -0.25) is 4.90 Å². The van der Waals surface area contributed by atoms with Crippen molar-refractivity contribution in [3.63, 3.8) is 0 Å². The number of nitrogens with zero attached hydrogens (tertiary/aromatic N) is 4. The summed E-state index contributed by atoms with van der Waals surface area (Å²) in [5, 5.41) is 4.45. The van der Waals surface area contributed by atoms with Crippen LogP contribution in [0.3, 0.4) is 0 Å². The van der Waals surface area contributed by atoms with Gasteiger partial charge in [0.2, 0.25) is 0 Å². The maximum atomic E-state index is 6.05. The third-order valence-electron chi connectivity index (χ3n) is 7.26. The number of aromatic nitrogens is 3. The van der Waals surface area contributed by atoms with Crippen LogP contribution in [0.1, 0.15) is 37.5 Å². The quantitative estimate of drug-likeness (QED) is 0.387. The second-order valence-corrected chi connectivity index (χ2v) is 10.5. The van der Waals surface area contributed by atoms with E-state index in [4.69, 9.17) is 13.0 Å². The molecule has 2 aromatic heterocycles. The summed E-state index contributed by atoms with van der Waals surface area (Å²) in [5.74, 6) is 1.08. The van der Waals surface area contributed by atoms with Crippen molar-refractivity contribution in [3.8, 4) is 22.4 Å². The fraction of sp³-hybridized carbons (Fsp3) is 0.385. The van der Waals surface area contributed by atoms with E-state index in [9.17, 15) is 0 Å². The second-order valence-electron chi connectivity index (χ2n) is 9.51. The zero-order valence-electron chi connectivity index (χ0n) is 19.5. The van der Waals surface area contributed by atoms with Crippen LogP contribution in [-0.4, -0.2) is 65.4 Å². The Morgan fingerprint density at radius 2 is 1.85 bits per heavy atom. The Labute approximate surface area is 205 Å². The van der Waals surface area contributed by atoms with Crippen LogP contribution >= 0.6 is 11.3 Å². The molecule has 34 heavy (non-hydrogen) atoms. The van der Waals surface area contributed by atoms with Crippen molar-refractivity contribution in [1.82, 2.24) is 24.7 Å². The Morgan fingerprint density at radius 3 is 2.62 bits per heavy atom. The molecule has 0 amide bonds. The Morgan fingerprint density at radius 1 is 1.06 bits per heavy atom. The van der Waals surface area contributed by atoms with Gasteiger partial charge in [0.1, 0.15) is 5.82 Å². The minimum atomic E-state index is 0.395. The predicted octanol–water partition coefficient (Wildman–Crippen LogP) is 5.08. The molecule has 2 aliphatic rings. The number of imidazole rings is 1. The molecule has 2 saturated heterocycles. The van der Waals surface area contributed by atoms with Crippen LogP contribution < -0.4 is 5.32 Å².